The van der Waals surface area contributed by atoms with Crippen molar-refractivity contribution < 1.29 is 13.6 Å². The summed E-state index contributed by atoms with van der Waals surface area (Å²) >= 11 is 5.81. The molecule has 1 aliphatic heterocycles. The van der Waals surface area contributed by atoms with Crippen LogP contribution in [0.4, 0.5) is 14.5 Å². The molecule has 1 saturated heterocycles. The van der Waals surface area contributed by atoms with E-state index in [0.717, 1.165) is 5.56 Å². The summed E-state index contributed by atoms with van der Waals surface area (Å²) in [7, 11) is 0. The molecule has 1 aliphatic rings. The molecule has 0 N–H and O–H groups in total. The van der Waals surface area contributed by atoms with Crippen molar-refractivity contribution in [2.24, 2.45) is 0 Å². The number of amides is 1. The Hall–Kier alpha value is -1.98. The van der Waals surface area contributed by atoms with Crippen LogP contribution in [-0.4, -0.2) is 29.9 Å². The zero-order chi connectivity index (χ0) is 17.3. The van der Waals surface area contributed by atoms with Crippen LogP contribution in [0.1, 0.15) is 12.5 Å². The van der Waals surface area contributed by atoms with E-state index < -0.39 is 5.82 Å². The molecule has 1 amide bonds. The lowest BCUT2D eigenvalue weighted by Crippen LogP contribution is -2.55. The molecular formula is C18H17ClF2N2O. The number of nitrogens with zero attached hydrogens (tertiary/aromatic N) is 2. The third-order valence-electron chi connectivity index (χ3n) is 4.30. The minimum absolute atomic E-state index is 0.00157. The molecule has 1 fully saturated rings. The molecule has 0 aliphatic carbocycles. The van der Waals surface area contributed by atoms with Gasteiger partial charge in [-0.1, -0.05) is 23.7 Å². The van der Waals surface area contributed by atoms with Crippen LogP contribution in [0.3, 0.4) is 0 Å². The van der Waals surface area contributed by atoms with E-state index in [1.54, 1.807) is 23.1 Å². The molecule has 6 heteroatoms. The summed E-state index contributed by atoms with van der Waals surface area (Å²) in [6.45, 7) is 3.57. The van der Waals surface area contributed by atoms with Gasteiger partial charge >= 0.3 is 0 Å². The Bertz CT molecular complexity index is 751. The fourth-order valence-electron chi connectivity index (χ4n) is 2.86. The minimum Gasteiger partial charge on any atom is -0.310 e. The highest BCUT2D eigenvalue weighted by molar-refractivity contribution is 6.31. The average molecular weight is 351 g/mol. The van der Waals surface area contributed by atoms with Gasteiger partial charge in [-0.15, -0.1) is 0 Å². The molecule has 2 aromatic rings. The Morgan fingerprint density at radius 1 is 1.12 bits per heavy atom. The van der Waals surface area contributed by atoms with Crippen molar-refractivity contribution >= 4 is 23.2 Å². The van der Waals surface area contributed by atoms with Crippen molar-refractivity contribution in [3.8, 4) is 0 Å². The monoisotopic (exact) mass is 350 g/mol. The van der Waals surface area contributed by atoms with E-state index in [4.69, 9.17) is 11.6 Å². The number of halogens is 3. The van der Waals surface area contributed by atoms with E-state index in [-0.39, 0.29) is 22.8 Å². The van der Waals surface area contributed by atoms with Crippen molar-refractivity contribution in [3.05, 3.63) is 64.7 Å². The maximum absolute atomic E-state index is 13.3. The maximum Gasteiger partial charge on any atom is 0.244 e. The van der Waals surface area contributed by atoms with Crippen LogP contribution in [0.25, 0.3) is 0 Å². The van der Waals surface area contributed by atoms with Gasteiger partial charge < -0.3 is 4.90 Å². The number of hydrogen-bond acceptors (Lipinski definition) is 2. The van der Waals surface area contributed by atoms with E-state index >= 15 is 0 Å². The lowest BCUT2D eigenvalue weighted by molar-refractivity contribution is -0.125. The first-order chi connectivity index (χ1) is 11.5. The van der Waals surface area contributed by atoms with Crippen molar-refractivity contribution in [2.45, 2.75) is 19.5 Å². The summed E-state index contributed by atoms with van der Waals surface area (Å²) in [6, 6.07) is 10.2. The number of carbonyl (C=O) groups is 1. The fraction of sp³-hybridized carbons (Fsp3) is 0.278. The fourth-order valence-corrected chi connectivity index (χ4v) is 3.04. The Balaban J connectivity index is 1.73. The summed E-state index contributed by atoms with van der Waals surface area (Å²) in [6.07, 6.45) is 0. The van der Waals surface area contributed by atoms with Crippen LogP contribution in [0.5, 0.6) is 0 Å². The SMILES string of the molecule is CC1C(=O)N(c2ccc(F)c(Cl)c2)CCN1Cc1ccc(F)cc1. The molecule has 0 radical (unpaired) electrons. The van der Waals surface area contributed by atoms with Gasteiger partial charge in [0.1, 0.15) is 11.6 Å². The number of anilines is 1. The van der Waals surface area contributed by atoms with Gasteiger partial charge in [0, 0.05) is 25.3 Å². The summed E-state index contributed by atoms with van der Waals surface area (Å²) in [5.41, 5.74) is 1.55. The topological polar surface area (TPSA) is 23.6 Å². The standard InChI is InChI=1S/C18H17ClF2N2O/c1-12-18(24)23(15-6-7-17(21)16(19)10-15)9-8-22(12)11-13-2-4-14(20)5-3-13/h2-7,10,12H,8-9,11H2,1H3. The first-order valence-electron chi connectivity index (χ1n) is 7.70. The number of benzene rings is 2. The van der Waals surface area contributed by atoms with Crippen LogP contribution < -0.4 is 4.90 Å². The van der Waals surface area contributed by atoms with Gasteiger partial charge in [0.15, 0.2) is 0 Å². The second-order valence-electron chi connectivity index (χ2n) is 5.86. The smallest absolute Gasteiger partial charge is 0.244 e. The van der Waals surface area contributed by atoms with Crippen molar-refractivity contribution in [2.75, 3.05) is 18.0 Å². The predicted molar refractivity (Wildman–Crippen MR) is 90.0 cm³/mol. The molecule has 1 atom stereocenters. The van der Waals surface area contributed by atoms with E-state index in [2.05, 4.69) is 0 Å². The summed E-state index contributed by atoms with van der Waals surface area (Å²) in [4.78, 5) is 16.3. The zero-order valence-corrected chi connectivity index (χ0v) is 13.9. The molecular weight excluding hydrogens is 334 g/mol. The zero-order valence-electron chi connectivity index (χ0n) is 13.2. The van der Waals surface area contributed by atoms with Crippen molar-refractivity contribution in [1.82, 2.24) is 4.90 Å². The predicted octanol–water partition coefficient (Wildman–Crippen LogP) is 3.86. The van der Waals surface area contributed by atoms with Gasteiger partial charge in [-0.3, -0.25) is 9.69 Å². The van der Waals surface area contributed by atoms with Gasteiger partial charge in [0.05, 0.1) is 11.1 Å². The van der Waals surface area contributed by atoms with E-state index in [1.807, 2.05) is 11.8 Å². The van der Waals surface area contributed by atoms with Crippen LogP contribution in [-0.2, 0) is 11.3 Å². The summed E-state index contributed by atoms with van der Waals surface area (Å²) in [5.74, 6) is -0.845. The number of piperazine rings is 1. The van der Waals surface area contributed by atoms with Crippen molar-refractivity contribution in [1.29, 1.82) is 0 Å². The molecule has 2 aromatic carbocycles. The first kappa shape index (κ1) is 16.9. The molecule has 0 bridgehead atoms. The van der Waals surface area contributed by atoms with E-state index in [9.17, 15) is 13.6 Å². The molecule has 0 spiro atoms. The molecule has 1 unspecified atom stereocenters. The summed E-state index contributed by atoms with van der Waals surface area (Å²) in [5, 5.41) is 0.00157. The largest absolute Gasteiger partial charge is 0.310 e. The van der Waals surface area contributed by atoms with Gasteiger partial charge in [0.25, 0.3) is 0 Å². The second kappa shape index (κ2) is 6.87. The van der Waals surface area contributed by atoms with E-state index in [1.165, 1.54) is 24.3 Å². The number of carbonyl (C=O) groups excluding carboxylic acids is 1. The van der Waals surface area contributed by atoms with E-state index in [0.29, 0.717) is 25.3 Å². The Kier molecular flexibility index (Phi) is 4.83. The molecule has 126 valence electrons. The Morgan fingerprint density at radius 3 is 2.50 bits per heavy atom. The minimum atomic E-state index is -0.504. The van der Waals surface area contributed by atoms with Gasteiger partial charge in [-0.2, -0.15) is 0 Å². The average Bonchev–Trinajstić information content (AvgIpc) is 2.57. The van der Waals surface area contributed by atoms with Gasteiger partial charge in [0.2, 0.25) is 5.91 Å². The van der Waals surface area contributed by atoms with Gasteiger partial charge in [-0.05, 0) is 42.8 Å². The van der Waals surface area contributed by atoms with Crippen LogP contribution in [0.15, 0.2) is 42.5 Å². The lowest BCUT2D eigenvalue weighted by Gasteiger charge is -2.39. The van der Waals surface area contributed by atoms with Crippen LogP contribution in [0.2, 0.25) is 5.02 Å². The second-order valence-corrected chi connectivity index (χ2v) is 6.27. The third-order valence-corrected chi connectivity index (χ3v) is 4.59. The third kappa shape index (κ3) is 3.42. The Morgan fingerprint density at radius 2 is 1.83 bits per heavy atom. The number of rotatable bonds is 3. The first-order valence-corrected chi connectivity index (χ1v) is 8.08. The summed E-state index contributed by atoms with van der Waals surface area (Å²) < 4.78 is 26.3. The lowest BCUT2D eigenvalue weighted by atomic mass is 10.1. The normalized spacial score (nSPS) is 18.9. The molecule has 24 heavy (non-hydrogen) atoms. The van der Waals surface area contributed by atoms with Crippen LogP contribution in [0, 0.1) is 11.6 Å². The highest BCUT2D eigenvalue weighted by atomic mass is 35.5. The van der Waals surface area contributed by atoms with Gasteiger partial charge in [-0.25, -0.2) is 8.78 Å². The maximum atomic E-state index is 13.3. The quantitative estimate of drug-likeness (QED) is 0.839. The number of hydrogen-bond donors (Lipinski definition) is 0. The molecule has 3 nitrogen and oxygen atoms in total. The molecule has 1 heterocycles. The van der Waals surface area contributed by atoms with Crippen molar-refractivity contribution in [3.63, 3.8) is 0 Å². The highest BCUT2D eigenvalue weighted by Crippen LogP contribution is 2.26. The highest BCUT2D eigenvalue weighted by Gasteiger charge is 2.32. The Labute approximate surface area is 144 Å². The molecule has 0 saturated carbocycles. The molecule has 0 aromatic heterocycles. The van der Waals surface area contributed by atoms with Crippen LogP contribution >= 0.6 is 11.6 Å². The molecule has 3 rings (SSSR count).